The first-order chi connectivity index (χ1) is 10.8. The normalized spacial score (nSPS) is 11.3. The Morgan fingerprint density at radius 2 is 2.00 bits per heavy atom. The number of benzene rings is 1. The molecule has 0 bridgehead atoms. The van der Waals surface area contributed by atoms with Gasteiger partial charge in [-0.05, 0) is 5.56 Å². The molecule has 0 saturated heterocycles. The molecule has 4 N–H and O–H groups in total. The molecule has 0 unspecified atom stereocenters. The summed E-state index contributed by atoms with van der Waals surface area (Å²) in [5.74, 6) is 1.36. The van der Waals surface area contributed by atoms with E-state index >= 15 is 0 Å². The Morgan fingerprint density at radius 1 is 1.18 bits per heavy atom. The van der Waals surface area contributed by atoms with Crippen LogP contribution in [0.25, 0.3) is 11.1 Å². The predicted octanol–water partition coefficient (Wildman–Crippen LogP) is 2.26. The molecule has 0 atom stereocenters. The van der Waals surface area contributed by atoms with Gasteiger partial charge in [0.15, 0.2) is 5.82 Å². The van der Waals surface area contributed by atoms with Gasteiger partial charge in [0.25, 0.3) is 0 Å². The van der Waals surface area contributed by atoms with Crippen molar-refractivity contribution in [3.63, 3.8) is 0 Å². The summed E-state index contributed by atoms with van der Waals surface area (Å²) in [5.41, 5.74) is 7.72. The predicted molar refractivity (Wildman–Crippen MR) is 81.9 cm³/mol. The average Bonchev–Trinajstić information content (AvgIpc) is 3.15. The molecule has 2 aromatic heterocycles. The number of anilines is 1. The van der Waals surface area contributed by atoms with Gasteiger partial charge in [0.1, 0.15) is 5.82 Å². The van der Waals surface area contributed by atoms with Gasteiger partial charge in [-0.2, -0.15) is 5.10 Å². The SMILES string of the molecule is Nc1c(-c2ccccc2)c(N=Nc2ccn[nH]2)nn1CCO. The van der Waals surface area contributed by atoms with Gasteiger partial charge in [0.05, 0.1) is 24.9 Å². The van der Waals surface area contributed by atoms with Gasteiger partial charge in [-0.1, -0.05) is 30.3 Å². The van der Waals surface area contributed by atoms with Crippen molar-refractivity contribution in [2.45, 2.75) is 6.54 Å². The zero-order valence-electron chi connectivity index (χ0n) is 11.7. The molecule has 2 heterocycles. The van der Waals surface area contributed by atoms with Crippen LogP contribution in [0.1, 0.15) is 0 Å². The maximum Gasteiger partial charge on any atom is 0.205 e. The summed E-state index contributed by atoms with van der Waals surface area (Å²) in [7, 11) is 0. The summed E-state index contributed by atoms with van der Waals surface area (Å²) in [4.78, 5) is 0. The number of nitrogen functional groups attached to an aromatic ring is 1. The van der Waals surface area contributed by atoms with E-state index in [2.05, 4.69) is 25.5 Å². The molecule has 0 amide bonds. The fourth-order valence-corrected chi connectivity index (χ4v) is 2.08. The van der Waals surface area contributed by atoms with E-state index in [0.29, 0.717) is 29.6 Å². The Hall–Kier alpha value is -3.00. The van der Waals surface area contributed by atoms with Gasteiger partial charge in [-0.25, -0.2) is 4.68 Å². The van der Waals surface area contributed by atoms with Crippen LogP contribution in [-0.4, -0.2) is 31.7 Å². The lowest BCUT2D eigenvalue weighted by molar-refractivity contribution is 0.270. The topological polar surface area (TPSA) is 117 Å². The van der Waals surface area contributed by atoms with Gasteiger partial charge in [0, 0.05) is 6.07 Å². The molecule has 0 aliphatic rings. The van der Waals surface area contributed by atoms with Crippen molar-refractivity contribution >= 4 is 17.5 Å². The second-order valence-electron chi connectivity index (χ2n) is 4.54. The van der Waals surface area contributed by atoms with Crippen LogP contribution >= 0.6 is 0 Å². The van der Waals surface area contributed by atoms with Gasteiger partial charge in [0.2, 0.25) is 5.82 Å². The van der Waals surface area contributed by atoms with Crippen molar-refractivity contribution in [1.29, 1.82) is 0 Å². The summed E-state index contributed by atoms with van der Waals surface area (Å²) >= 11 is 0. The van der Waals surface area contributed by atoms with Crippen LogP contribution in [0.2, 0.25) is 0 Å². The average molecular weight is 297 g/mol. The molecule has 22 heavy (non-hydrogen) atoms. The summed E-state index contributed by atoms with van der Waals surface area (Å²) in [6.45, 7) is 0.239. The molecule has 0 saturated carbocycles. The number of H-pyrrole nitrogens is 1. The molecule has 1 aromatic carbocycles. The fourth-order valence-electron chi connectivity index (χ4n) is 2.08. The van der Waals surface area contributed by atoms with Crippen molar-refractivity contribution in [3.05, 3.63) is 42.6 Å². The monoisotopic (exact) mass is 297 g/mol. The third-order valence-corrected chi connectivity index (χ3v) is 3.09. The molecule has 112 valence electrons. The van der Waals surface area contributed by atoms with Crippen molar-refractivity contribution < 1.29 is 5.11 Å². The number of aliphatic hydroxyl groups is 1. The van der Waals surface area contributed by atoms with Gasteiger partial charge in [-0.3, -0.25) is 5.10 Å². The summed E-state index contributed by atoms with van der Waals surface area (Å²) in [6, 6.07) is 11.3. The summed E-state index contributed by atoms with van der Waals surface area (Å²) < 4.78 is 1.52. The maximum atomic E-state index is 9.11. The highest BCUT2D eigenvalue weighted by Crippen LogP contribution is 2.35. The largest absolute Gasteiger partial charge is 0.394 e. The first kappa shape index (κ1) is 14.0. The molecule has 0 spiro atoms. The number of aromatic nitrogens is 4. The van der Waals surface area contributed by atoms with Crippen LogP contribution in [0.15, 0.2) is 52.8 Å². The first-order valence-corrected chi connectivity index (χ1v) is 6.73. The van der Waals surface area contributed by atoms with E-state index < -0.39 is 0 Å². The molecule has 0 aliphatic heterocycles. The highest BCUT2D eigenvalue weighted by molar-refractivity contribution is 5.82. The van der Waals surface area contributed by atoms with E-state index in [9.17, 15) is 0 Å². The van der Waals surface area contributed by atoms with Gasteiger partial charge in [-0.15, -0.1) is 15.3 Å². The Bertz CT molecular complexity index is 762. The van der Waals surface area contributed by atoms with E-state index in [4.69, 9.17) is 10.8 Å². The smallest absolute Gasteiger partial charge is 0.205 e. The lowest BCUT2D eigenvalue weighted by atomic mass is 10.1. The third-order valence-electron chi connectivity index (χ3n) is 3.09. The Morgan fingerprint density at radius 3 is 2.68 bits per heavy atom. The van der Waals surface area contributed by atoms with Gasteiger partial charge < -0.3 is 10.8 Å². The van der Waals surface area contributed by atoms with Crippen LogP contribution in [0.5, 0.6) is 0 Å². The lowest BCUT2D eigenvalue weighted by Gasteiger charge is -2.02. The summed E-state index contributed by atoms with van der Waals surface area (Å²) in [5, 5.41) is 28.1. The van der Waals surface area contributed by atoms with Crippen LogP contribution in [-0.2, 0) is 6.54 Å². The van der Waals surface area contributed by atoms with Crippen molar-refractivity contribution in [2.24, 2.45) is 10.2 Å². The van der Waals surface area contributed by atoms with Crippen molar-refractivity contribution in [3.8, 4) is 11.1 Å². The molecule has 3 rings (SSSR count). The molecule has 8 heteroatoms. The van der Waals surface area contributed by atoms with E-state index in [1.54, 1.807) is 12.3 Å². The minimum absolute atomic E-state index is 0.0583. The van der Waals surface area contributed by atoms with Crippen molar-refractivity contribution in [1.82, 2.24) is 20.0 Å². The van der Waals surface area contributed by atoms with Crippen molar-refractivity contribution in [2.75, 3.05) is 12.3 Å². The second-order valence-corrected chi connectivity index (χ2v) is 4.54. The van der Waals surface area contributed by atoms with E-state index in [-0.39, 0.29) is 6.61 Å². The summed E-state index contributed by atoms with van der Waals surface area (Å²) in [6.07, 6.45) is 1.59. The highest BCUT2D eigenvalue weighted by Gasteiger charge is 2.17. The second kappa shape index (κ2) is 6.19. The quantitative estimate of drug-likeness (QED) is 0.626. The first-order valence-electron chi connectivity index (χ1n) is 6.73. The molecule has 3 aromatic rings. The Labute approximate surface area is 126 Å². The van der Waals surface area contributed by atoms with Crippen LogP contribution in [0.4, 0.5) is 17.5 Å². The van der Waals surface area contributed by atoms with Crippen LogP contribution in [0.3, 0.4) is 0 Å². The van der Waals surface area contributed by atoms with E-state index in [1.807, 2.05) is 30.3 Å². The standard InChI is InChI=1S/C14H15N7O/c15-13-12(10-4-2-1-3-5-10)14(20-21(13)8-9-22)19-18-11-6-7-16-17-11/h1-7,22H,8-9,15H2,(H,16,17). The zero-order valence-corrected chi connectivity index (χ0v) is 11.7. The number of hydrogen-bond donors (Lipinski definition) is 3. The minimum Gasteiger partial charge on any atom is -0.394 e. The zero-order chi connectivity index (χ0) is 15.4. The molecule has 0 aliphatic carbocycles. The number of hydrogen-bond acceptors (Lipinski definition) is 6. The molecular weight excluding hydrogens is 282 g/mol. The highest BCUT2D eigenvalue weighted by atomic mass is 16.3. The number of nitrogens with zero attached hydrogens (tertiary/aromatic N) is 5. The minimum atomic E-state index is -0.0583. The molecular formula is C14H15N7O. The Balaban J connectivity index is 2.06. The molecule has 8 nitrogen and oxygen atoms in total. The maximum absolute atomic E-state index is 9.11. The van der Waals surface area contributed by atoms with Crippen LogP contribution < -0.4 is 5.73 Å². The lowest BCUT2D eigenvalue weighted by Crippen LogP contribution is -2.07. The number of azo groups is 1. The van der Waals surface area contributed by atoms with E-state index in [0.717, 1.165) is 5.56 Å². The number of aliphatic hydroxyl groups excluding tert-OH is 1. The number of aromatic amines is 1. The molecule has 0 radical (unpaired) electrons. The van der Waals surface area contributed by atoms with Crippen LogP contribution in [0, 0.1) is 0 Å². The number of nitrogens with two attached hydrogens (primary N) is 1. The number of rotatable bonds is 5. The number of nitrogens with one attached hydrogen (secondary N) is 1. The Kier molecular flexibility index (Phi) is 3.92. The fraction of sp³-hybridized carbons (Fsp3) is 0.143. The molecule has 0 fully saturated rings. The third kappa shape index (κ3) is 2.72. The van der Waals surface area contributed by atoms with E-state index in [1.165, 1.54) is 4.68 Å². The van der Waals surface area contributed by atoms with Gasteiger partial charge >= 0.3 is 0 Å².